The molecule has 4 heteroatoms. The van der Waals surface area contributed by atoms with Crippen LogP contribution < -0.4 is 0 Å². The zero-order valence-electron chi connectivity index (χ0n) is 8.39. The second-order valence-corrected chi connectivity index (χ2v) is 4.32. The van der Waals surface area contributed by atoms with E-state index in [1.54, 1.807) is 0 Å². The van der Waals surface area contributed by atoms with E-state index in [-0.39, 0.29) is 6.10 Å². The van der Waals surface area contributed by atoms with E-state index >= 15 is 0 Å². The van der Waals surface area contributed by atoms with E-state index in [9.17, 15) is 9.59 Å². The molecular weight excluding hydrogens is 196 g/mol. The Morgan fingerprint density at radius 2 is 2.00 bits per heavy atom. The van der Waals surface area contributed by atoms with E-state index in [0.29, 0.717) is 5.92 Å². The number of carboxylic acids is 1. The lowest BCUT2D eigenvalue weighted by molar-refractivity contribution is -0.145. The molecule has 0 amide bonds. The predicted molar refractivity (Wildman–Crippen MR) is 52.1 cm³/mol. The molecule has 0 aliphatic heterocycles. The van der Waals surface area contributed by atoms with E-state index < -0.39 is 11.9 Å². The summed E-state index contributed by atoms with van der Waals surface area (Å²) in [4.78, 5) is 21.4. The van der Waals surface area contributed by atoms with Crippen molar-refractivity contribution in [3.63, 3.8) is 0 Å². The van der Waals surface area contributed by atoms with Crippen molar-refractivity contribution in [1.82, 2.24) is 0 Å². The van der Waals surface area contributed by atoms with Gasteiger partial charge in [0.1, 0.15) is 6.10 Å². The van der Waals surface area contributed by atoms with Gasteiger partial charge < -0.3 is 9.84 Å². The molecule has 2 aliphatic rings. The van der Waals surface area contributed by atoms with Gasteiger partial charge in [0, 0.05) is 12.2 Å². The van der Waals surface area contributed by atoms with Crippen molar-refractivity contribution >= 4 is 11.9 Å². The minimum atomic E-state index is -1.13. The smallest absolute Gasteiger partial charge is 0.331 e. The van der Waals surface area contributed by atoms with Gasteiger partial charge in [-0.3, -0.25) is 0 Å². The van der Waals surface area contributed by atoms with Crippen LogP contribution in [0.1, 0.15) is 25.7 Å². The van der Waals surface area contributed by atoms with E-state index in [2.05, 4.69) is 0 Å². The largest absolute Gasteiger partial charge is 0.478 e. The molecule has 2 saturated carbocycles. The van der Waals surface area contributed by atoms with Gasteiger partial charge in [-0.15, -0.1) is 0 Å². The van der Waals surface area contributed by atoms with Gasteiger partial charge in [-0.2, -0.15) is 0 Å². The van der Waals surface area contributed by atoms with Gasteiger partial charge in [0.05, 0.1) is 0 Å². The first-order valence-corrected chi connectivity index (χ1v) is 5.27. The molecule has 2 rings (SSSR count). The lowest BCUT2D eigenvalue weighted by Gasteiger charge is -2.20. The second kappa shape index (κ2) is 4.04. The topological polar surface area (TPSA) is 63.6 Å². The van der Waals surface area contributed by atoms with Crippen molar-refractivity contribution in [2.24, 2.45) is 11.8 Å². The molecule has 1 N–H and O–H groups in total. The maximum absolute atomic E-state index is 11.2. The van der Waals surface area contributed by atoms with Gasteiger partial charge >= 0.3 is 11.9 Å². The average Bonchev–Trinajstić information content (AvgIpc) is 2.76. The Labute approximate surface area is 87.9 Å². The summed E-state index contributed by atoms with van der Waals surface area (Å²) >= 11 is 0. The highest BCUT2D eigenvalue weighted by molar-refractivity contribution is 5.90. The van der Waals surface area contributed by atoms with Crippen molar-refractivity contribution in [1.29, 1.82) is 0 Å². The summed E-state index contributed by atoms with van der Waals surface area (Å²) in [6.45, 7) is 0. The Kier molecular flexibility index (Phi) is 2.75. The van der Waals surface area contributed by atoms with Crippen molar-refractivity contribution in [2.45, 2.75) is 31.8 Å². The number of aliphatic carboxylic acids is 1. The second-order valence-electron chi connectivity index (χ2n) is 4.32. The molecule has 0 aromatic carbocycles. The molecule has 2 fully saturated rings. The van der Waals surface area contributed by atoms with Crippen molar-refractivity contribution in [2.75, 3.05) is 0 Å². The van der Waals surface area contributed by atoms with Crippen molar-refractivity contribution in [3.8, 4) is 0 Å². The molecule has 0 spiro atoms. The Hall–Kier alpha value is -1.32. The molecular formula is C11H14O4. The number of esters is 1. The van der Waals surface area contributed by atoms with Crippen molar-refractivity contribution < 1.29 is 19.4 Å². The standard InChI is InChI=1S/C11H14O4/c12-10(13)3-4-11(14)15-9-6-7-1-2-8(9)5-7/h3-4,7-9H,1-2,5-6H2,(H,12,13)/b4-3+/t7-,8-,9+/m0/s1. The normalized spacial score (nSPS) is 33.5. The third kappa shape index (κ3) is 2.37. The molecule has 0 aromatic rings. The fourth-order valence-electron chi connectivity index (χ4n) is 2.66. The highest BCUT2D eigenvalue weighted by Gasteiger charge is 2.41. The van der Waals surface area contributed by atoms with Gasteiger partial charge in [0.15, 0.2) is 0 Å². The summed E-state index contributed by atoms with van der Waals surface area (Å²) in [7, 11) is 0. The summed E-state index contributed by atoms with van der Waals surface area (Å²) in [6, 6.07) is 0. The molecule has 2 bridgehead atoms. The molecule has 0 saturated heterocycles. The number of hydrogen-bond acceptors (Lipinski definition) is 3. The molecule has 4 nitrogen and oxygen atoms in total. The van der Waals surface area contributed by atoms with Crippen LogP contribution in [0.2, 0.25) is 0 Å². The molecule has 0 aromatic heterocycles. The van der Waals surface area contributed by atoms with Crippen LogP contribution in [0.5, 0.6) is 0 Å². The summed E-state index contributed by atoms with van der Waals surface area (Å²) in [6.07, 6.45) is 6.34. The first-order chi connectivity index (χ1) is 7.15. The van der Waals surface area contributed by atoms with Crippen LogP contribution >= 0.6 is 0 Å². The van der Waals surface area contributed by atoms with Crippen LogP contribution in [0.15, 0.2) is 12.2 Å². The van der Waals surface area contributed by atoms with Gasteiger partial charge in [0.2, 0.25) is 0 Å². The zero-order valence-corrected chi connectivity index (χ0v) is 8.39. The van der Waals surface area contributed by atoms with Gasteiger partial charge in [-0.05, 0) is 37.5 Å². The van der Waals surface area contributed by atoms with Crippen molar-refractivity contribution in [3.05, 3.63) is 12.2 Å². The lowest BCUT2D eigenvalue weighted by atomic mass is 9.98. The van der Waals surface area contributed by atoms with Crippen LogP contribution in [0.3, 0.4) is 0 Å². The zero-order chi connectivity index (χ0) is 10.8. The fourth-order valence-corrected chi connectivity index (χ4v) is 2.66. The first kappa shape index (κ1) is 10.2. The number of hydrogen-bond donors (Lipinski definition) is 1. The number of rotatable bonds is 3. The maximum atomic E-state index is 11.2. The summed E-state index contributed by atoms with van der Waals surface area (Å²) in [5.74, 6) is -0.428. The SMILES string of the molecule is O=C(O)/C=C/C(=O)O[C@@H]1C[C@H]2CC[C@H]1C2. The highest BCUT2D eigenvalue weighted by Crippen LogP contribution is 2.45. The molecule has 15 heavy (non-hydrogen) atoms. The highest BCUT2D eigenvalue weighted by atomic mass is 16.5. The van der Waals surface area contributed by atoms with E-state index in [1.807, 2.05) is 0 Å². The maximum Gasteiger partial charge on any atom is 0.331 e. The molecule has 0 radical (unpaired) electrons. The first-order valence-electron chi connectivity index (χ1n) is 5.27. The Morgan fingerprint density at radius 1 is 1.20 bits per heavy atom. The number of fused-ring (bicyclic) bond motifs is 2. The average molecular weight is 210 g/mol. The minimum Gasteiger partial charge on any atom is -0.478 e. The molecule has 82 valence electrons. The summed E-state index contributed by atoms with van der Waals surface area (Å²) in [5, 5.41) is 8.33. The van der Waals surface area contributed by atoms with Gasteiger partial charge in [0.25, 0.3) is 0 Å². The quantitative estimate of drug-likeness (QED) is 0.564. The molecule has 0 heterocycles. The van der Waals surface area contributed by atoms with Gasteiger partial charge in [-0.25, -0.2) is 9.59 Å². The number of ether oxygens (including phenoxy) is 1. The number of carboxylic acid groups (broad SMARTS) is 1. The number of carbonyl (C=O) groups excluding carboxylic acids is 1. The lowest BCUT2D eigenvalue weighted by Crippen LogP contribution is -2.23. The minimum absolute atomic E-state index is 0.0229. The molecule has 2 aliphatic carbocycles. The third-order valence-corrected chi connectivity index (χ3v) is 3.30. The number of carbonyl (C=O) groups is 2. The van der Waals surface area contributed by atoms with Crippen LogP contribution in [0.25, 0.3) is 0 Å². The Balaban J connectivity index is 1.82. The van der Waals surface area contributed by atoms with Crippen LogP contribution in [-0.4, -0.2) is 23.1 Å². The monoisotopic (exact) mass is 210 g/mol. The predicted octanol–water partition coefficient (Wildman–Crippen LogP) is 1.36. The third-order valence-electron chi connectivity index (χ3n) is 3.30. The molecule has 0 unspecified atom stereocenters. The Morgan fingerprint density at radius 3 is 2.53 bits per heavy atom. The van der Waals surface area contributed by atoms with Crippen LogP contribution in [0, 0.1) is 11.8 Å². The summed E-state index contributed by atoms with van der Waals surface area (Å²) in [5.41, 5.74) is 0. The molecule has 3 atom stereocenters. The van der Waals surface area contributed by atoms with Crippen LogP contribution in [-0.2, 0) is 14.3 Å². The van der Waals surface area contributed by atoms with E-state index in [4.69, 9.17) is 9.84 Å². The summed E-state index contributed by atoms with van der Waals surface area (Å²) < 4.78 is 5.21. The van der Waals surface area contributed by atoms with Gasteiger partial charge in [-0.1, -0.05) is 0 Å². The fraction of sp³-hybridized carbons (Fsp3) is 0.636. The van der Waals surface area contributed by atoms with Crippen LogP contribution in [0.4, 0.5) is 0 Å². The van der Waals surface area contributed by atoms with E-state index in [1.165, 1.54) is 12.8 Å². The Bertz CT molecular complexity index is 308. The van der Waals surface area contributed by atoms with E-state index in [0.717, 1.165) is 30.9 Å².